The zero-order valence-corrected chi connectivity index (χ0v) is 26.2. The lowest BCUT2D eigenvalue weighted by molar-refractivity contribution is -0.139. The molecule has 0 heterocycles. The molecule has 2 aromatic rings. The number of aliphatic carboxylic acids is 1. The number of benzene rings is 2. The number of alkyl carbamates (subject to hydrolysis) is 1. The molecule has 2 aliphatic rings. The summed E-state index contributed by atoms with van der Waals surface area (Å²) in [5.74, 6) is -1.17. The molecule has 4 N–H and O–H groups in total. The minimum Gasteiger partial charge on any atom is -0.480 e. The molecule has 0 aromatic heterocycles. The molecule has 10 heteroatoms. The number of ether oxygens (including phenoxy) is 1. The highest BCUT2D eigenvalue weighted by atomic mass is 32.2. The highest BCUT2D eigenvalue weighted by Crippen LogP contribution is 2.22. The molecule has 2 saturated carbocycles. The Labute approximate surface area is 257 Å². The molecule has 4 rings (SSSR count). The molecule has 2 aliphatic carbocycles. The molecular weight excluding hydrogens is 566 g/mol. The van der Waals surface area contributed by atoms with Crippen molar-refractivity contribution in [3.8, 4) is 0 Å². The van der Waals surface area contributed by atoms with Gasteiger partial charge >= 0.3 is 12.1 Å². The van der Waals surface area contributed by atoms with Crippen LogP contribution in [0.3, 0.4) is 0 Å². The molecule has 0 radical (unpaired) electrons. The van der Waals surface area contributed by atoms with Crippen molar-refractivity contribution < 1.29 is 27.9 Å². The molecule has 0 spiro atoms. The van der Waals surface area contributed by atoms with Crippen molar-refractivity contribution in [2.75, 3.05) is 6.54 Å². The van der Waals surface area contributed by atoms with Crippen LogP contribution in [0.4, 0.5) is 4.79 Å². The fourth-order valence-corrected chi connectivity index (χ4v) is 6.59. The third kappa shape index (κ3) is 13.5. The van der Waals surface area contributed by atoms with E-state index < -0.39 is 28.1 Å². The Morgan fingerprint density at radius 2 is 1.44 bits per heavy atom. The molecule has 0 unspecified atom stereocenters. The average Bonchev–Trinajstić information content (AvgIpc) is 3.01. The Morgan fingerprint density at radius 1 is 0.860 bits per heavy atom. The predicted molar refractivity (Wildman–Crippen MR) is 168 cm³/mol. The summed E-state index contributed by atoms with van der Waals surface area (Å²) in [7, 11) is -3.60. The number of nitrogens with one attached hydrogen (secondary N) is 3. The van der Waals surface area contributed by atoms with E-state index in [2.05, 4.69) is 15.4 Å². The zero-order valence-electron chi connectivity index (χ0n) is 25.4. The topological polar surface area (TPSA) is 134 Å². The molecule has 0 aliphatic heterocycles. The van der Waals surface area contributed by atoms with E-state index in [0.717, 1.165) is 23.2 Å². The fraction of sp³-hybridized carbons (Fsp3) is 0.576. The molecule has 1 amide bonds. The normalized spacial score (nSPS) is 16.9. The number of rotatable bonds is 13. The highest BCUT2D eigenvalue weighted by molar-refractivity contribution is 7.89. The molecule has 9 nitrogen and oxygen atoms in total. The number of sulfonamides is 1. The zero-order chi connectivity index (χ0) is 30.9. The Balaban J connectivity index is 0.000000321. The first-order valence-corrected chi connectivity index (χ1v) is 17.2. The van der Waals surface area contributed by atoms with Gasteiger partial charge in [-0.2, -0.15) is 0 Å². The van der Waals surface area contributed by atoms with E-state index >= 15 is 0 Å². The molecule has 0 saturated heterocycles. The maximum absolute atomic E-state index is 12.2. The second-order valence-electron chi connectivity index (χ2n) is 11.6. The van der Waals surface area contributed by atoms with Crippen molar-refractivity contribution in [1.29, 1.82) is 0 Å². The van der Waals surface area contributed by atoms with E-state index in [-0.39, 0.29) is 24.5 Å². The number of unbranched alkanes of at least 4 members (excludes halogenated alkanes) is 1. The van der Waals surface area contributed by atoms with Gasteiger partial charge in [-0.05, 0) is 69.6 Å². The number of amides is 1. The number of carboxylic acid groups (broad SMARTS) is 1. The van der Waals surface area contributed by atoms with Crippen LogP contribution in [0, 0.1) is 6.92 Å². The monoisotopic (exact) mass is 615 g/mol. The van der Waals surface area contributed by atoms with E-state index in [1.807, 2.05) is 25.1 Å². The average molecular weight is 616 g/mol. The lowest BCUT2D eigenvalue weighted by atomic mass is 9.91. The standard InChI is InChI=1S/C21H26N2O6S.C12H23N/c1-16-10-12-18(13-11-16)30(27,28)22-14-6-5-9-19(20(24)25)23-21(26)29-15-17-7-3-2-4-8-17;1-3-7-11(8-4-1)13-12-9-5-2-6-10-12/h2-4,7-8,10-13,19,22H,5-6,9,14-15H2,1H3,(H,23,26)(H,24,25);11-13H,1-10H2/t19-;/m0./s1. The molecule has 0 bridgehead atoms. The van der Waals surface area contributed by atoms with Crippen LogP contribution < -0.4 is 15.4 Å². The van der Waals surface area contributed by atoms with Crippen LogP contribution in [0.5, 0.6) is 0 Å². The summed E-state index contributed by atoms with van der Waals surface area (Å²) >= 11 is 0. The van der Waals surface area contributed by atoms with Crippen LogP contribution in [0.2, 0.25) is 0 Å². The van der Waals surface area contributed by atoms with E-state index in [4.69, 9.17) is 4.74 Å². The number of carbonyl (C=O) groups excluding carboxylic acids is 1. The molecule has 43 heavy (non-hydrogen) atoms. The van der Waals surface area contributed by atoms with Gasteiger partial charge < -0.3 is 20.5 Å². The summed E-state index contributed by atoms with van der Waals surface area (Å²) in [4.78, 5) is 23.4. The van der Waals surface area contributed by atoms with Crippen molar-refractivity contribution >= 4 is 22.1 Å². The quantitative estimate of drug-likeness (QED) is 0.201. The van der Waals surface area contributed by atoms with Crippen LogP contribution in [-0.2, 0) is 26.2 Å². The van der Waals surface area contributed by atoms with Crippen LogP contribution in [0.25, 0.3) is 0 Å². The molecule has 1 atom stereocenters. The number of aryl methyl sites for hydroxylation is 1. The number of hydrogen-bond acceptors (Lipinski definition) is 6. The van der Waals surface area contributed by atoms with Crippen LogP contribution in [0.1, 0.15) is 94.6 Å². The summed E-state index contributed by atoms with van der Waals surface area (Å²) in [6.07, 6.45) is 14.7. The number of carboxylic acids is 1. The lowest BCUT2D eigenvalue weighted by Gasteiger charge is -2.30. The first kappa shape index (κ1) is 34.5. The maximum atomic E-state index is 12.2. The van der Waals surface area contributed by atoms with Gasteiger partial charge in [-0.3, -0.25) is 0 Å². The summed E-state index contributed by atoms with van der Waals surface area (Å²) in [6.45, 7) is 2.08. The second kappa shape index (κ2) is 18.7. The largest absolute Gasteiger partial charge is 0.480 e. The van der Waals surface area contributed by atoms with Gasteiger partial charge in [-0.25, -0.2) is 22.7 Å². The molecular formula is C33H49N3O6S. The molecule has 2 fully saturated rings. The van der Waals surface area contributed by atoms with Gasteiger partial charge in [0, 0.05) is 18.6 Å². The Hall–Kier alpha value is -2.95. The van der Waals surface area contributed by atoms with Gasteiger partial charge in [0.25, 0.3) is 0 Å². The summed E-state index contributed by atoms with van der Waals surface area (Å²) < 4.78 is 31.9. The predicted octanol–water partition coefficient (Wildman–Crippen LogP) is 6.06. The third-order valence-corrected chi connectivity index (χ3v) is 9.50. The first-order valence-electron chi connectivity index (χ1n) is 15.8. The number of carbonyl (C=O) groups is 2. The van der Waals surface area contributed by atoms with E-state index in [0.29, 0.717) is 12.8 Å². The molecule has 238 valence electrons. The minimum absolute atomic E-state index is 0.0415. The van der Waals surface area contributed by atoms with Gasteiger partial charge in [0.15, 0.2) is 0 Å². The third-order valence-electron chi connectivity index (χ3n) is 8.03. The van der Waals surface area contributed by atoms with Crippen molar-refractivity contribution in [3.05, 3.63) is 65.7 Å². The van der Waals surface area contributed by atoms with Crippen molar-refractivity contribution in [2.45, 2.75) is 120 Å². The minimum atomic E-state index is -3.60. The highest BCUT2D eigenvalue weighted by Gasteiger charge is 2.21. The van der Waals surface area contributed by atoms with Crippen molar-refractivity contribution in [3.63, 3.8) is 0 Å². The van der Waals surface area contributed by atoms with E-state index in [1.165, 1.54) is 76.3 Å². The smallest absolute Gasteiger partial charge is 0.408 e. The molecule has 2 aromatic carbocycles. The van der Waals surface area contributed by atoms with Gasteiger partial charge in [0.2, 0.25) is 10.0 Å². The van der Waals surface area contributed by atoms with Crippen molar-refractivity contribution in [1.82, 2.24) is 15.4 Å². The Bertz CT molecular complexity index is 1180. The summed E-state index contributed by atoms with van der Waals surface area (Å²) in [6, 6.07) is 16.2. The van der Waals surface area contributed by atoms with Gasteiger partial charge in [0.1, 0.15) is 12.6 Å². The van der Waals surface area contributed by atoms with Crippen molar-refractivity contribution in [2.24, 2.45) is 0 Å². The summed E-state index contributed by atoms with van der Waals surface area (Å²) in [5.41, 5.74) is 1.75. The van der Waals surface area contributed by atoms with Crippen LogP contribution >= 0.6 is 0 Å². The lowest BCUT2D eigenvalue weighted by Crippen LogP contribution is -2.41. The Morgan fingerprint density at radius 3 is 2.00 bits per heavy atom. The SMILES string of the molecule is C1CCC(NC2CCCCC2)CC1.Cc1ccc(S(=O)(=O)NCCCC[C@H](NC(=O)OCc2ccccc2)C(=O)O)cc1. The maximum Gasteiger partial charge on any atom is 0.408 e. The Kier molecular flexibility index (Phi) is 15.0. The first-order chi connectivity index (χ1) is 20.7. The van der Waals surface area contributed by atoms with E-state index in [1.54, 1.807) is 24.3 Å². The fourth-order valence-electron chi connectivity index (χ4n) is 5.52. The van der Waals surface area contributed by atoms with E-state index in [9.17, 15) is 23.1 Å². The van der Waals surface area contributed by atoms with Gasteiger partial charge in [0.05, 0.1) is 4.90 Å². The van der Waals surface area contributed by atoms with Crippen LogP contribution in [0.15, 0.2) is 59.5 Å². The summed E-state index contributed by atoms with van der Waals surface area (Å²) in [5, 5.41) is 15.5. The number of hydrogen-bond donors (Lipinski definition) is 4. The van der Waals surface area contributed by atoms with Crippen LogP contribution in [-0.4, -0.2) is 50.3 Å². The van der Waals surface area contributed by atoms with Gasteiger partial charge in [-0.1, -0.05) is 86.6 Å². The second-order valence-corrected chi connectivity index (χ2v) is 13.4. The van der Waals surface area contributed by atoms with Gasteiger partial charge in [-0.15, -0.1) is 0 Å².